The van der Waals surface area contributed by atoms with Crippen LogP contribution in [0.25, 0.3) is 16.6 Å². The van der Waals surface area contributed by atoms with E-state index >= 15 is 0 Å². The number of halogens is 1. The van der Waals surface area contributed by atoms with Crippen molar-refractivity contribution in [2.45, 2.75) is 24.4 Å². The van der Waals surface area contributed by atoms with Gasteiger partial charge in [0, 0.05) is 29.9 Å². The van der Waals surface area contributed by atoms with Gasteiger partial charge in [-0.1, -0.05) is 55.9 Å². The molecule has 0 N–H and O–H groups in total. The van der Waals surface area contributed by atoms with E-state index < -0.39 is 5.82 Å². The minimum atomic E-state index is -0.393. The van der Waals surface area contributed by atoms with Gasteiger partial charge >= 0.3 is 0 Å². The minimum Gasteiger partial charge on any atom is -0.347 e. The number of para-hydroxylation sites is 2. The number of thioether (sulfide) groups is 1. The third kappa shape index (κ3) is 4.06. The number of nitrogens with zero attached hydrogens (tertiary/aromatic N) is 3. The molecule has 5 nitrogen and oxygen atoms in total. The third-order valence-electron chi connectivity index (χ3n) is 6.41. The zero-order valence-electron chi connectivity index (χ0n) is 19.7. The second-order valence-corrected chi connectivity index (χ2v) is 9.96. The van der Waals surface area contributed by atoms with Crippen LogP contribution in [0.5, 0.6) is 0 Å². The molecule has 176 valence electrons. The van der Waals surface area contributed by atoms with Crippen LogP contribution in [0, 0.1) is 5.82 Å². The molecule has 4 aromatic rings. The number of carbonyl (C=O) groups excluding carboxylic acids is 1. The van der Waals surface area contributed by atoms with Crippen molar-refractivity contribution in [1.29, 1.82) is 0 Å². The van der Waals surface area contributed by atoms with Crippen molar-refractivity contribution in [2.24, 2.45) is 0 Å². The Balaban J connectivity index is 1.49. The first-order valence-corrected chi connectivity index (χ1v) is 12.2. The van der Waals surface area contributed by atoms with Crippen molar-refractivity contribution >= 4 is 34.1 Å². The summed E-state index contributed by atoms with van der Waals surface area (Å²) in [4.78, 5) is 33.2. The van der Waals surface area contributed by atoms with Crippen LogP contribution in [-0.2, 0) is 10.2 Å². The van der Waals surface area contributed by atoms with Crippen LogP contribution in [0.2, 0.25) is 0 Å². The molecule has 0 saturated carbocycles. The Kier molecular flexibility index (Phi) is 5.81. The zero-order chi connectivity index (χ0) is 24.7. The second-order valence-electron chi connectivity index (χ2n) is 9.01. The van der Waals surface area contributed by atoms with E-state index in [-0.39, 0.29) is 22.5 Å². The molecule has 3 aromatic carbocycles. The van der Waals surface area contributed by atoms with E-state index in [4.69, 9.17) is 0 Å². The van der Waals surface area contributed by atoms with E-state index in [1.165, 1.54) is 46.2 Å². The molecule has 0 unspecified atom stereocenters. The van der Waals surface area contributed by atoms with E-state index in [1.54, 1.807) is 24.3 Å². The average Bonchev–Trinajstić information content (AvgIpc) is 3.04. The maximum Gasteiger partial charge on any atom is 0.266 e. The molecule has 1 aromatic heterocycles. The van der Waals surface area contributed by atoms with E-state index in [0.29, 0.717) is 21.7 Å². The highest BCUT2D eigenvalue weighted by molar-refractivity contribution is 7.99. The molecule has 0 saturated heterocycles. The van der Waals surface area contributed by atoms with Gasteiger partial charge in [-0.15, -0.1) is 0 Å². The smallest absolute Gasteiger partial charge is 0.266 e. The van der Waals surface area contributed by atoms with Crippen molar-refractivity contribution < 1.29 is 9.18 Å². The van der Waals surface area contributed by atoms with Gasteiger partial charge in [-0.25, -0.2) is 9.37 Å². The normalized spacial score (nSPS) is 15.5. The first-order chi connectivity index (χ1) is 16.8. The molecule has 7 heteroatoms. The predicted molar refractivity (Wildman–Crippen MR) is 139 cm³/mol. The molecule has 35 heavy (non-hydrogen) atoms. The van der Waals surface area contributed by atoms with Crippen LogP contribution in [0.15, 0.2) is 94.5 Å². The number of ketones is 1. The molecule has 0 amide bonds. The molecule has 0 bridgehead atoms. The number of carbonyl (C=O) groups is 1. The molecule has 0 fully saturated rings. The van der Waals surface area contributed by atoms with Crippen LogP contribution in [-0.4, -0.2) is 28.1 Å². The number of hydrogen-bond acceptors (Lipinski definition) is 5. The Labute approximate surface area is 206 Å². The predicted octanol–water partition coefficient (Wildman–Crippen LogP) is 5.50. The number of fused-ring (bicyclic) bond motifs is 2. The van der Waals surface area contributed by atoms with Crippen molar-refractivity contribution in [3.63, 3.8) is 0 Å². The lowest BCUT2D eigenvalue weighted by atomic mass is 9.83. The van der Waals surface area contributed by atoms with Crippen LogP contribution in [0.4, 0.5) is 10.1 Å². The van der Waals surface area contributed by atoms with Crippen LogP contribution >= 0.6 is 11.8 Å². The van der Waals surface area contributed by atoms with Crippen molar-refractivity contribution in [1.82, 2.24) is 9.55 Å². The molecule has 0 aliphatic carbocycles. The highest BCUT2D eigenvalue weighted by atomic mass is 32.2. The zero-order valence-corrected chi connectivity index (χ0v) is 20.5. The first kappa shape index (κ1) is 23.1. The van der Waals surface area contributed by atoms with Crippen LogP contribution in [0.3, 0.4) is 0 Å². The maximum atomic E-state index is 13.5. The lowest BCUT2D eigenvalue weighted by molar-refractivity contribution is -0.112. The van der Waals surface area contributed by atoms with Crippen molar-refractivity contribution in [2.75, 3.05) is 17.7 Å². The SMILES string of the molecule is CN1C(=CC(=O)CSc2nc3ccccc3c(=O)n2-c2ccc(F)cc2)C(C)(C)c2ccccc21. The Morgan fingerprint density at radius 2 is 1.71 bits per heavy atom. The number of aromatic nitrogens is 2. The Morgan fingerprint density at radius 3 is 2.46 bits per heavy atom. The highest BCUT2D eigenvalue weighted by Gasteiger charge is 2.38. The topological polar surface area (TPSA) is 55.2 Å². The maximum absolute atomic E-state index is 13.5. The Bertz CT molecular complexity index is 1540. The molecule has 0 atom stereocenters. The van der Waals surface area contributed by atoms with E-state index in [1.807, 2.05) is 25.2 Å². The van der Waals surface area contributed by atoms with Crippen molar-refractivity contribution in [3.05, 3.63) is 106 Å². The van der Waals surface area contributed by atoms with Gasteiger partial charge in [0.1, 0.15) is 5.82 Å². The summed E-state index contributed by atoms with van der Waals surface area (Å²) in [7, 11) is 1.97. The standard InChI is InChI=1S/C28H24FN3O2S/c1-28(2)22-9-5-7-11-24(22)31(3)25(28)16-20(33)17-35-27-30-23-10-6-4-8-21(23)26(34)32(27)19-14-12-18(29)13-15-19/h4-16H,17H2,1-3H3. The lowest BCUT2D eigenvalue weighted by Gasteiger charge is -2.24. The quantitative estimate of drug-likeness (QED) is 0.212. The summed E-state index contributed by atoms with van der Waals surface area (Å²) in [6.45, 7) is 4.22. The Hall–Kier alpha value is -3.71. The summed E-state index contributed by atoms with van der Waals surface area (Å²) < 4.78 is 15.0. The molecular formula is C28H24FN3O2S. The monoisotopic (exact) mass is 485 g/mol. The summed E-state index contributed by atoms with van der Waals surface area (Å²) in [5.41, 5.74) is 3.67. The summed E-state index contributed by atoms with van der Waals surface area (Å²) in [6, 6.07) is 20.9. The van der Waals surface area contributed by atoms with Crippen LogP contribution < -0.4 is 10.5 Å². The van der Waals surface area contributed by atoms with Gasteiger partial charge in [0.2, 0.25) is 0 Å². The summed E-state index contributed by atoms with van der Waals surface area (Å²) >= 11 is 1.20. The number of hydrogen-bond donors (Lipinski definition) is 0. The molecule has 0 radical (unpaired) electrons. The van der Waals surface area contributed by atoms with Crippen molar-refractivity contribution in [3.8, 4) is 5.69 Å². The fourth-order valence-corrected chi connectivity index (χ4v) is 5.45. The Morgan fingerprint density at radius 1 is 1.03 bits per heavy atom. The molecule has 1 aliphatic rings. The number of anilines is 1. The van der Waals surface area contributed by atoms with Crippen LogP contribution in [0.1, 0.15) is 19.4 Å². The first-order valence-electron chi connectivity index (χ1n) is 11.3. The number of benzene rings is 3. The molecular weight excluding hydrogens is 461 g/mol. The molecule has 1 aliphatic heterocycles. The lowest BCUT2D eigenvalue weighted by Crippen LogP contribution is -2.24. The second kappa shape index (κ2) is 8.82. The number of allylic oxidation sites excluding steroid dienone is 2. The van der Waals surface area contributed by atoms with Gasteiger partial charge in [0.25, 0.3) is 5.56 Å². The van der Waals surface area contributed by atoms with Gasteiger partial charge < -0.3 is 4.90 Å². The van der Waals surface area contributed by atoms with Gasteiger partial charge in [0.15, 0.2) is 10.9 Å². The minimum absolute atomic E-state index is 0.0780. The summed E-state index contributed by atoms with van der Waals surface area (Å²) in [5.74, 6) is -0.364. The molecule has 0 spiro atoms. The fraction of sp³-hybridized carbons (Fsp3) is 0.179. The van der Waals surface area contributed by atoms with E-state index in [2.05, 4.69) is 35.9 Å². The van der Waals surface area contributed by atoms with E-state index in [9.17, 15) is 14.0 Å². The molecule has 2 heterocycles. The highest BCUT2D eigenvalue weighted by Crippen LogP contribution is 2.46. The van der Waals surface area contributed by atoms with E-state index in [0.717, 1.165) is 11.4 Å². The van der Waals surface area contributed by atoms with Gasteiger partial charge in [-0.2, -0.15) is 0 Å². The summed E-state index contributed by atoms with van der Waals surface area (Å²) in [6.07, 6.45) is 1.69. The average molecular weight is 486 g/mol. The van der Waals surface area contributed by atoms with Gasteiger partial charge in [-0.3, -0.25) is 14.2 Å². The third-order valence-corrected chi connectivity index (χ3v) is 7.37. The van der Waals surface area contributed by atoms with Gasteiger partial charge in [0.05, 0.1) is 22.3 Å². The fourth-order valence-electron chi connectivity index (χ4n) is 4.62. The number of rotatable bonds is 5. The number of likely N-dealkylation sites (N-methyl/N-ethyl adjacent to an activating group) is 1. The molecule has 5 rings (SSSR count). The summed E-state index contributed by atoms with van der Waals surface area (Å²) in [5, 5.41) is 0.844. The largest absolute Gasteiger partial charge is 0.347 e. The van der Waals surface area contributed by atoms with Gasteiger partial charge in [-0.05, 0) is 48.0 Å².